The molecule has 1 aromatic carbocycles. The van der Waals surface area contributed by atoms with E-state index in [1.165, 1.54) is 5.56 Å². The van der Waals surface area contributed by atoms with E-state index in [2.05, 4.69) is 41.8 Å². The van der Waals surface area contributed by atoms with E-state index in [1.54, 1.807) is 4.90 Å². The van der Waals surface area contributed by atoms with Crippen LogP contribution in [0.15, 0.2) is 29.4 Å². The SMILES string of the molecule is CCOC(=O)N1CCC(=NNC(=S)Nc2ccc(C(C)C)cc2)CC1. The molecule has 1 aliphatic rings. The Morgan fingerprint density at radius 1 is 1.28 bits per heavy atom. The highest BCUT2D eigenvalue weighted by Crippen LogP contribution is 2.17. The Bertz CT molecular complexity index is 618. The number of benzene rings is 1. The van der Waals surface area contributed by atoms with Gasteiger partial charge in [0.15, 0.2) is 5.11 Å². The maximum absolute atomic E-state index is 11.7. The first-order valence-corrected chi connectivity index (χ1v) is 9.04. The average molecular weight is 362 g/mol. The van der Waals surface area contributed by atoms with Crippen LogP contribution in [0.5, 0.6) is 0 Å². The Kier molecular flexibility index (Phi) is 7.18. The summed E-state index contributed by atoms with van der Waals surface area (Å²) in [4.78, 5) is 13.4. The number of rotatable bonds is 4. The van der Waals surface area contributed by atoms with Crippen molar-refractivity contribution in [1.29, 1.82) is 0 Å². The van der Waals surface area contributed by atoms with Crippen LogP contribution >= 0.6 is 12.2 Å². The number of hydrogen-bond acceptors (Lipinski definition) is 4. The third-order valence-corrected chi connectivity index (χ3v) is 4.21. The predicted molar refractivity (Wildman–Crippen MR) is 105 cm³/mol. The Morgan fingerprint density at radius 2 is 1.92 bits per heavy atom. The molecule has 25 heavy (non-hydrogen) atoms. The average Bonchev–Trinajstić information content (AvgIpc) is 2.61. The smallest absolute Gasteiger partial charge is 0.409 e. The largest absolute Gasteiger partial charge is 0.450 e. The summed E-state index contributed by atoms with van der Waals surface area (Å²) in [6.45, 7) is 7.78. The number of thiocarbonyl (C=S) groups is 1. The highest BCUT2D eigenvalue weighted by molar-refractivity contribution is 7.80. The number of carbonyl (C=O) groups excluding carboxylic acids is 1. The molecule has 0 aromatic heterocycles. The number of hydrogen-bond donors (Lipinski definition) is 2. The molecule has 0 unspecified atom stereocenters. The van der Waals surface area contributed by atoms with Crippen LogP contribution in [-0.4, -0.2) is 41.5 Å². The van der Waals surface area contributed by atoms with Crippen molar-refractivity contribution >= 4 is 34.8 Å². The molecule has 1 heterocycles. The fourth-order valence-electron chi connectivity index (χ4n) is 2.51. The molecule has 1 aromatic rings. The van der Waals surface area contributed by atoms with Crippen molar-refractivity contribution in [1.82, 2.24) is 10.3 Å². The first kappa shape index (κ1) is 19.2. The first-order valence-electron chi connectivity index (χ1n) is 8.63. The van der Waals surface area contributed by atoms with Crippen LogP contribution in [0.4, 0.5) is 10.5 Å². The molecule has 0 saturated carbocycles. The van der Waals surface area contributed by atoms with Gasteiger partial charge in [0.05, 0.1) is 6.61 Å². The lowest BCUT2D eigenvalue weighted by molar-refractivity contribution is 0.107. The maximum atomic E-state index is 11.7. The van der Waals surface area contributed by atoms with Gasteiger partial charge in [-0.2, -0.15) is 5.10 Å². The molecule has 0 spiro atoms. The molecule has 0 bridgehead atoms. The number of nitrogens with one attached hydrogen (secondary N) is 2. The molecule has 1 amide bonds. The van der Waals surface area contributed by atoms with Gasteiger partial charge in [-0.25, -0.2) is 4.79 Å². The molecule has 1 saturated heterocycles. The second-order valence-electron chi connectivity index (χ2n) is 6.21. The Labute approximate surface area is 154 Å². The standard InChI is InChI=1S/C18H26N4O2S/c1-4-24-18(23)22-11-9-16(10-12-22)20-21-17(25)19-15-7-5-14(6-8-15)13(2)3/h5-8,13H,4,9-12H2,1-3H3,(H2,19,21,25). The van der Waals surface area contributed by atoms with E-state index in [1.807, 2.05) is 19.1 Å². The van der Waals surface area contributed by atoms with Crippen molar-refractivity contribution in [3.8, 4) is 0 Å². The summed E-state index contributed by atoms with van der Waals surface area (Å²) >= 11 is 5.27. The zero-order valence-electron chi connectivity index (χ0n) is 15.0. The number of amides is 1. The Balaban J connectivity index is 1.78. The van der Waals surface area contributed by atoms with Crippen LogP contribution < -0.4 is 10.7 Å². The predicted octanol–water partition coefficient (Wildman–Crippen LogP) is 3.70. The van der Waals surface area contributed by atoms with Crippen molar-refractivity contribution in [3.63, 3.8) is 0 Å². The number of piperidine rings is 1. The van der Waals surface area contributed by atoms with Crippen LogP contribution in [0, 0.1) is 0 Å². The molecule has 136 valence electrons. The molecular formula is C18H26N4O2S. The third kappa shape index (κ3) is 6.01. The summed E-state index contributed by atoms with van der Waals surface area (Å²) in [5.74, 6) is 0.506. The number of ether oxygens (including phenoxy) is 1. The molecule has 2 N–H and O–H groups in total. The van der Waals surface area contributed by atoms with E-state index in [-0.39, 0.29) is 6.09 Å². The molecular weight excluding hydrogens is 336 g/mol. The van der Waals surface area contributed by atoms with Crippen LogP contribution in [0.1, 0.15) is 45.1 Å². The van der Waals surface area contributed by atoms with Crippen LogP contribution in [-0.2, 0) is 4.74 Å². The summed E-state index contributed by atoms with van der Waals surface area (Å²) in [5.41, 5.74) is 6.10. The topological polar surface area (TPSA) is 66.0 Å². The van der Waals surface area contributed by atoms with Crippen molar-refractivity contribution in [3.05, 3.63) is 29.8 Å². The summed E-state index contributed by atoms with van der Waals surface area (Å²) in [6, 6.07) is 8.20. The fraction of sp³-hybridized carbons (Fsp3) is 0.500. The fourth-order valence-corrected chi connectivity index (χ4v) is 2.68. The highest BCUT2D eigenvalue weighted by atomic mass is 32.1. The summed E-state index contributed by atoms with van der Waals surface area (Å²) < 4.78 is 5.00. The van der Waals surface area contributed by atoms with Gasteiger partial charge < -0.3 is 15.0 Å². The van der Waals surface area contributed by atoms with Gasteiger partial charge in [0, 0.05) is 37.3 Å². The molecule has 1 fully saturated rings. The molecule has 2 rings (SSSR count). The monoisotopic (exact) mass is 362 g/mol. The lowest BCUT2D eigenvalue weighted by atomic mass is 10.0. The van der Waals surface area contributed by atoms with Crippen molar-refractivity contribution in [2.75, 3.05) is 25.0 Å². The van der Waals surface area contributed by atoms with E-state index in [9.17, 15) is 4.79 Å². The molecule has 0 aliphatic carbocycles. The van der Waals surface area contributed by atoms with E-state index in [4.69, 9.17) is 17.0 Å². The van der Waals surface area contributed by atoms with Crippen LogP contribution in [0.3, 0.4) is 0 Å². The lowest BCUT2D eigenvalue weighted by Crippen LogP contribution is -2.39. The minimum absolute atomic E-state index is 0.253. The second kappa shape index (κ2) is 9.36. The van der Waals surface area contributed by atoms with Gasteiger partial charge in [-0.05, 0) is 42.8 Å². The first-order chi connectivity index (χ1) is 12.0. The van der Waals surface area contributed by atoms with Gasteiger partial charge in [-0.15, -0.1) is 0 Å². The highest BCUT2D eigenvalue weighted by Gasteiger charge is 2.20. The lowest BCUT2D eigenvalue weighted by Gasteiger charge is -2.26. The van der Waals surface area contributed by atoms with Gasteiger partial charge in [-0.3, -0.25) is 5.43 Å². The van der Waals surface area contributed by atoms with E-state index in [0.717, 1.165) is 24.2 Å². The summed E-state index contributed by atoms with van der Waals surface area (Å²) in [7, 11) is 0. The Morgan fingerprint density at radius 3 is 2.48 bits per heavy atom. The van der Waals surface area contributed by atoms with Gasteiger partial charge in [0.25, 0.3) is 0 Å². The minimum atomic E-state index is -0.253. The van der Waals surface area contributed by atoms with Gasteiger partial charge in [0.1, 0.15) is 0 Å². The Hall–Kier alpha value is -2.15. The second-order valence-corrected chi connectivity index (χ2v) is 6.61. The van der Waals surface area contributed by atoms with E-state index >= 15 is 0 Å². The van der Waals surface area contributed by atoms with Crippen LogP contribution in [0.25, 0.3) is 0 Å². The van der Waals surface area contributed by atoms with Gasteiger partial charge >= 0.3 is 6.09 Å². The summed E-state index contributed by atoms with van der Waals surface area (Å²) in [6.07, 6.45) is 1.19. The van der Waals surface area contributed by atoms with Gasteiger partial charge in [-0.1, -0.05) is 26.0 Å². The van der Waals surface area contributed by atoms with Crippen LogP contribution in [0.2, 0.25) is 0 Å². The third-order valence-electron chi connectivity index (χ3n) is 4.02. The zero-order chi connectivity index (χ0) is 18.2. The zero-order valence-corrected chi connectivity index (χ0v) is 15.9. The number of likely N-dealkylation sites (tertiary alicyclic amines) is 1. The maximum Gasteiger partial charge on any atom is 0.409 e. The number of carbonyl (C=O) groups is 1. The molecule has 7 heteroatoms. The van der Waals surface area contributed by atoms with Crippen molar-refractivity contribution in [2.45, 2.75) is 39.5 Å². The summed E-state index contributed by atoms with van der Waals surface area (Å²) in [5, 5.41) is 7.93. The molecule has 6 nitrogen and oxygen atoms in total. The van der Waals surface area contributed by atoms with E-state index in [0.29, 0.717) is 30.7 Å². The normalized spacial score (nSPS) is 14.2. The minimum Gasteiger partial charge on any atom is -0.450 e. The number of anilines is 1. The van der Waals surface area contributed by atoms with Gasteiger partial charge in [0.2, 0.25) is 0 Å². The molecule has 1 aliphatic heterocycles. The quantitative estimate of drug-likeness (QED) is 0.631. The van der Waals surface area contributed by atoms with E-state index < -0.39 is 0 Å². The van der Waals surface area contributed by atoms with Crippen molar-refractivity contribution in [2.24, 2.45) is 5.10 Å². The van der Waals surface area contributed by atoms with Crippen molar-refractivity contribution < 1.29 is 9.53 Å². The molecule has 0 radical (unpaired) electrons. The number of nitrogens with zero attached hydrogens (tertiary/aromatic N) is 2. The molecule has 0 atom stereocenters. The number of hydrazone groups is 1.